The van der Waals surface area contributed by atoms with Crippen LogP contribution < -0.4 is 5.73 Å². The van der Waals surface area contributed by atoms with Crippen molar-refractivity contribution in [1.82, 2.24) is 19.7 Å². The number of hydrogen-bond acceptors (Lipinski definition) is 5. The van der Waals surface area contributed by atoms with Crippen LogP contribution >= 0.6 is 0 Å². The van der Waals surface area contributed by atoms with E-state index < -0.39 is 0 Å². The molecule has 0 saturated carbocycles. The number of nitrogen functional groups attached to an aromatic ring is 1. The number of benzene rings is 2. The van der Waals surface area contributed by atoms with E-state index in [-0.39, 0.29) is 0 Å². The average Bonchev–Trinajstić information content (AvgIpc) is 3.14. The lowest BCUT2D eigenvalue weighted by Gasteiger charge is -1.95. The number of para-hydroxylation sites is 2. The Hall–Kier alpha value is -3.15. The van der Waals surface area contributed by atoms with Crippen LogP contribution in [-0.4, -0.2) is 19.7 Å². The Kier molecular flexibility index (Phi) is 2.47. The maximum absolute atomic E-state index is 5.67. The van der Waals surface area contributed by atoms with Gasteiger partial charge in [0.05, 0.1) is 0 Å². The summed E-state index contributed by atoms with van der Waals surface area (Å²) in [6.45, 7) is 0. The summed E-state index contributed by atoms with van der Waals surface area (Å²) in [5.74, 6) is 0.595. The lowest BCUT2D eigenvalue weighted by atomic mass is 10.2. The van der Waals surface area contributed by atoms with E-state index in [1.165, 1.54) is 4.68 Å². The molecule has 21 heavy (non-hydrogen) atoms. The molecule has 0 aliphatic carbocycles. The third kappa shape index (κ3) is 2.02. The van der Waals surface area contributed by atoms with Gasteiger partial charge in [0.15, 0.2) is 11.4 Å². The Bertz CT molecular complexity index is 874. The molecule has 2 heterocycles. The number of anilines is 1. The molecule has 2 aromatic heterocycles. The maximum atomic E-state index is 5.67. The third-order valence-corrected chi connectivity index (χ3v) is 3.14. The number of fused-ring (bicyclic) bond motifs is 1. The van der Waals surface area contributed by atoms with Crippen LogP contribution in [0, 0.1) is 0 Å². The molecule has 0 saturated heterocycles. The molecule has 0 unspecified atom stereocenters. The Labute approximate surface area is 119 Å². The third-order valence-electron chi connectivity index (χ3n) is 3.14. The Balaban J connectivity index is 1.75. The fourth-order valence-corrected chi connectivity index (χ4v) is 2.08. The zero-order valence-electron chi connectivity index (χ0n) is 11.0. The summed E-state index contributed by atoms with van der Waals surface area (Å²) in [5, 5.41) is 4.38. The van der Waals surface area contributed by atoms with E-state index in [0.717, 1.165) is 16.7 Å². The first-order chi connectivity index (χ1) is 10.3. The molecule has 0 atom stereocenters. The maximum Gasteiger partial charge on any atom is 0.325 e. The average molecular weight is 277 g/mol. The number of oxazole rings is 1. The molecule has 0 aliphatic rings. The van der Waals surface area contributed by atoms with Crippen molar-refractivity contribution >= 4 is 16.8 Å². The fourth-order valence-electron chi connectivity index (χ4n) is 2.08. The quantitative estimate of drug-likeness (QED) is 0.569. The SMILES string of the molecule is Nc1ccc(-c2ncn(-c3nc4ccccc4o3)n2)cc1. The first kappa shape index (κ1) is 11.7. The van der Waals surface area contributed by atoms with Crippen molar-refractivity contribution in [3.8, 4) is 17.4 Å². The second-order valence-corrected chi connectivity index (χ2v) is 4.60. The van der Waals surface area contributed by atoms with Crippen LogP contribution in [0.25, 0.3) is 28.5 Å². The Morgan fingerprint density at radius 1 is 1.00 bits per heavy atom. The van der Waals surface area contributed by atoms with Gasteiger partial charge in [-0.2, -0.15) is 9.67 Å². The summed E-state index contributed by atoms with van der Waals surface area (Å²) in [4.78, 5) is 8.65. The topological polar surface area (TPSA) is 82.8 Å². The van der Waals surface area contributed by atoms with Gasteiger partial charge in [-0.1, -0.05) is 12.1 Å². The van der Waals surface area contributed by atoms with Crippen LogP contribution in [0.4, 0.5) is 5.69 Å². The minimum atomic E-state index is 0.394. The largest absolute Gasteiger partial charge is 0.422 e. The zero-order valence-corrected chi connectivity index (χ0v) is 11.0. The van der Waals surface area contributed by atoms with Gasteiger partial charge in [0.25, 0.3) is 0 Å². The van der Waals surface area contributed by atoms with E-state index in [2.05, 4.69) is 15.1 Å². The highest BCUT2D eigenvalue weighted by atomic mass is 16.4. The summed E-state index contributed by atoms with van der Waals surface area (Å²) in [5.41, 5.74) is 8.78. The van der Waals surface area contributed by atoms with Gasteiger partial charge in [0.2, 0.25) is 0 Å². The highest BCUT2D eigenvalue weighted by Crippen LogP contribution is 2.20. The molecular weight excluding hydrogens is 266 g/mol. The molecule has 0 spiro atoms. The van der Waals surface area contributed by atoms with Gasteiger partial charge in [-0.15, -0.1) is 5.10 Å². The monoisotopic (exact) mass is 277 g/mol. The van der Waals surface area contributed by atoms with Crippen molar-refractivity contribution < 1.29 is 4.42 Å². The molecular formula is C15H11N5O. The Morgan fingerprint density at radius 2 is 1.81 bits per heavy atom. The number of nitrogens with zero attached hydrogens (tertiary/aromatic N) is 4. The highest BCUT2D eigenvalue weighted by molar-refractivity contribution is 5.73. The summed E-state index contributed by atoms with van der Waals surface area (Å²) >= 11 is 0. The van der Waals surface area contributed by atoms with E-state index in [0.29, 0.717) is 17.5 Å². The lowest BCUT2D eigenvalue weighted by Crippen LogP contribution is -1.94. The predicted molar refractivity (Wildman–Crippen MR) is 78.8 cm³/mol. The van der Waals surface area contributed by atoms with Gasteiger partial charge in [0.1, 0.15) is 11.8 Å². The van der Waals surface area contributed by atoms with Crippen molar-refractivity contribution in [1.29, 1.82) is 0 Å². The summed E-state index contributed by atoms with van der Waals surface area (Å²) < 4.78 is 7.17. The van der Waals surface area contributed by atoms with Gasteiger partial charge in [-0.3, -0.25) is 0 Å². The Morgan fingerprint density at radius 3 is 2.62 bits per heavy atom. The molecule has 0 radical (unpaired) electrons. The molecule has 2 aromatic carbocycles. The van der Waals surface area contributed by atoms with Gasteiger partial charge < -0.3 is 10.2 Å². The molecule has 0 fully saturated rings. The molecule has 4 aromatic rings. The molecule has 2 N–H and O–H groups in total. The van der Waals surface area contributed by atoms with Crippen molar-refractivity contribution in [3.63, 3.8) is 0 Å². The van der Waals surface area contributed by atoms with Crippen LogP contribution in [0.2, 0.25) is 0 Å². The zero-order chi connectivity index (χ0) is 14.2. The summed E-state index contributed by atoms with van der Waals surface area (Å²) in [6.07, 6.45) is 1.58. The van der Waals surface area contributed by atoms with E-state index in [1.54, 1.807) is 6.33 Å². The first-order valence-electron chi connectivity index (χ1n) is 6.43. The van der Waals surface area contributed by atoms with Gasteiger partial charge >= 0.3 is 6.01 Å². The first-order valence-corrected chi connectivity index (χ1v) is 6.43. The van der Waals surface area contributed by atoms with Crippen molar-refractivity contribution in [3.05, 3.63) is 54.9 Å². The molecule has 102 valence electrons. The van der Waals surface area contributed by atoms with E-state index in [1.807, 2.05) is 48.5 Å². The van der Waals surface area contributed by atoms with E-state index in [9.17, 15) is 0 Å². The van der Waals surface area contributed by atoms with Crippen LogP contribution in [0.15, 0.2) is 59.3 Å². The minimum Gasteiger partial charge on any atom is -0.422 e. The van der Waals surface area contributed by atoms with Crippen LogP contribution in [0.5, 0.6) is 0 Å². The van der Waals surface area contributed by atoms with Crippen molar-refractivity contribution in [2.24, 2.45) is 0 Å². The smallest absolute Gasteiger partial charge is 0.325 e. The second-order valence-electron chi connectivity index (χ2n) is 4.60. The van der Waals surface area contributed by atoms with Crippen LogP contribution in [-0.2, 0) is 0 Å². The molecule has 4 rings (SSSR count). The number of aromatic nitrogens is 4. The lowest BCUT2D eigenvalue weighted by molar-refractivity contribution is 0.543. The molecule has 6 nitrogen and oxygen atoms in total. The van der Waals surface area contributed by atoms with Crippen LogP contribution in [0.3, 0.4) is 0 Å². The predicted octanol–water partition coefficient (Wildman–Crippen LogP) is 2.66. The minimum absolute atomic E-state index is 0.394. The number of hydrogen-bond donors (Lipinski definition) is 1. The number of rotatable bonds is 2. The van der Waals surface area contributed by atoms with Crippen LogP contribution in [0.1, 0.15) is 0 Å². The summed E-state index contributed by atoms with van der Waals surface area (Å²) in [7, 11) is 0. The van der Waals surface area contributed by atoms with Crippen molar-refractivity contribution in [2.75, 3.05) is 5.73 Å². The fraction of sp³-hybridized carbons (Fsp3) is 0. The normalized spacial score (nSPS) is 11.0. The summed E-state index contributed by atoms with van der Waals surface area (Å²) in [6, 6.07) is 15.3. The highest BCUT2D eigenvalue weighted by Gasteiger charge is 2.10. The van der Waals surface area contributed by atoms with Gasteiger partial charge in [0, 0.05) is 11.3 Å². The van der Waals surface area contributed by atoms with Crippen molar-refractivity contribution in [2.45, 2.75) is 0 Å². The number of nitrogens with two attached hydrogens (primary N) is 1. The molecule has 0 aliphatic heterocycles. The molecule has 6 heteroatoms. The van der Waals surface area contributed by atoms with Gasteiger partial charge in [-0.25, -0.2) is 4.98 Å². The standard InChI is InChI=1S/C15H11N5O/c16-11-7-5-10(6-8-11)14-17-9-20(19-14)15-18-12-3-1-2-4-13(12)21-15/h1-9H,16H2. The molecule has 0 bridgehead atoms. The van der Waals surface area contributed by atoms with E-state index >= 15 is 0 Å². The molecule has 0 amide bonds. The van der Waals surface area contributed by atoms with E-state index in [4.69, 9.17) is 10.2 Å². The van der Waals surface area contributed by atoms with Gasteiger partial charge in [-0.05, 0) is 36.4 Å². The second kappa shape index (κ2) is 4.45.